The van der Waals surface area contributed by atoms with Gasteiger partial charge in [-0.3, -0.25) is 4.99 Å². The molecule has 0 aliphatic rings. The van der Waals surface area contributed by atoms with Crippen LogP contribution in [0.2, 0.25) is 0 Å². The van der Waals surface area contributed by atoms with E-state index in [1.165, 1.54) is 18.6 Å². The van der Waals surface area contributed by atoms with Crippen LogP contribution in [-0.4, -0.2) is 50.1 Å². The molecule has 0 spiro atoms. The van der Waals surface area contributed by atoms with Crippen LogP contribution in [0.25, 0.3) is 0 Å². The van der Waals surface area contributed by atoms with Crippen LogP contribution in [0.5, 0.6) is 0 Å². The predicted octanol–water partition coefficient (Wildman–Crippen LogP) is 2.27. The van der Waals surface area contributed by atoms with E-state index in [0.29, 0.717) is 0 Å². The largest absolute Gasteiger partial charge is 0.357 e. The third-order valence-electron chi connectivity index (χ3n) is 1.78. The van der Waals surface area contributed by atoms with Gasteiger partial charge in [0.05, 0.1) is 0 Å². The van der Waals surface area contributed by atoms with Crippen molar-refractivity contribution in [2.24, 2.45) is 4.99 Å². The van der Waals surface area contributed by atoms with Crippen LogP contribution in [0, 0.1) is 0 Å². The van der Waals surface area contributed by atoms with Gasteiger partial charge in [0, 0.05) is 27.2 Å². The Morgan fingerprint density at radius 2 is 2.00 bits per heavy atom. The van der Waals surface area contributed by atoms with Crippen molar-refractivity contribution in [1.82, 2.24) is 10.2 Å². The first kappa shape index (κ1) is 17.7. The molecule has 0 fully saturated rings. The monoisotopic (exact) mass is 345 g/mol. The molecule has 0 aromatic rings. The minimum Gasteiger partial charge on any atom is -0.357 e. The summed E-state index contributed by atoms with van der Waals surface area (Å²) in [5.74, 6) is 2.24. The van der Waals surface area contributed by atoms with E-state index < -0.39 is 0 Å². The van der Waals surface area contributed by atoms with E-state index in [2.05, 4.69) is 23.5 Å². The minimum absolute atomic E-state index is 0. The molecule has 0 aliphatic carbocycles. The van der Waals surface area contributed by atoms with Gasteiger partial charge in [-0.25, -0.2) is 0 Å². The van der Waals surface area contributed by atoms with Crippen molar-refractivity contribution >= 4 is 41.7 Å². The second kappa shape index (κ2) is 12.4. The summed E-state index contributed by atoms with van der Waals surface area (Å²) in [7, 11) is 4.03. The van der Waals surface area contributed by atoms with Crippen molar-refractivity contribution in [3.63, 3.8) is 0 Å². The third-order valence-corrected chi connectivity index (χ3v) is 2.47. The van der Waals surface area contributed by atoms with Gasteiger partial charge in [-0.1, -0.05) is 0 Å². The van der Waals surface area contributed by atoms with E-state index in [1.807, 2.05) is 30.8 Å². The second-order valence-electron chi connectivity index (χ2n) is 3.33. The molecule has 0 saturated carbocycles. The molecule has 0 aliphatic heterocycles. The fourth-order valence-corrected chi connectivity index (χ4v) is 1.55. The summed E-state index contributed by atoms with van der Waals surface area (Å²) in [5, 5.41) is 3.24. The van der Waals surface area contributed by atoms with E-state index in [0.717, 1.165) is 19.0 Å². The molecule has 0 aromatic carbocycles. The minimum atomic E-state index is 0. The van der Waals surface area contributed by atoms with Crippen LogP contribution >= 0.6 is 35.7 Å². The molecule has 5 heteroatoms. The Kier molecular flexibility index (Phi) is 14.7. The van der Waals surface area contributed by atoms with Crippen molar-refractivity contribution in [1.29, 1.82) is 0 Å². The lowest BCUT2D eigenvalue weighted by Crippen LogP contribution is -2.36. The number of hydrogen-bond donors (Lipinski definition) is 1. The van der Waals surface area contributed by atoms with Gasteiger partial charge < -0.3 is 10.2 Å². The maximum atomic E-state index is 4.51. The first-order valence-electron chi connectivity index (χ1n) is 5.17. The molecule has 0 radical (unpaired) electrons. The van der Waals surface area contributed by atoms with E-state index in [4.69, 9.17) is 0 Å². The van der Waals surface area contributed by atoms with Crippen LogP contribution in [0.3, 0.4) is 0 Å². The Morgan fingerprint density at radius 3 is 2.47 bits per heavy atom. The molecule has 0 bridgehead atoms. The summed E-state index contributed by atoms with van der Waals surface area (Å²) in [6.07, 6.45) is 4.59. The van der Waals surface area contributed by atoms with Crippen LogP contribution in [0.15, 0.2) is 4.99 Å². The molecule has 0 aromatic heterocycles. The van der Waals surface area contributed by atoms with E-state index >= 15 is 0 Å². The quantitative estimate of drug-likeness (QED) is 0.346. The SMILES string of the molecule is CCNC(=NCCCCSC)N(C)C.I. The number of rotatable bonds is 6. The van der Waals surface area contributed by atoms with E-state index in [1.54, 1.807) is 0 Å². The standard InChI is InChI=1S/C10H23N3S.HI/c1-5-11-10(13(2)3)12-8-6-7-9-14-4;/h5-9H2,1-4H3,(H,11,12);1H. The Morgan fingerprint density at radius 1 is 1.33 bits per heavy atom. The lowest BCUT2D eigenvalue weighted by atomic mass is 10.3. The van der Waals surface area contributed by atoms with E-state index in [-0.39, 0.29) is 24.0 Å². The highest BCUT2D eigenvalue weighted by molar-refractivity contribution is 14.0. The summed E-state index contributed by atoms with van der Waals surface area (Å²) in [4.78, 5) is 6.53. The average Bonchev–Trinajstić information content (AvgIpc) is 2.15. The fraction of sp³-hybridized carbons (Fsp3) is 0.900. The van der Waals surface area contributed by atoms with Crippen LogP contribution in [0.4, 0.5) is 0 Å². The summed E-state index contributed by atoms with van der Waals surface area (Å²) in [6, 6.07) is 0. The fourth-order valence-electron chi connectivity index (χ4n) is 1.06. The van der Waals surface area contributed by atoms with E-state index in [9.17, 15) is 0 Å². The molecule has 1 N–H and O–H groups in total. The lowest BCUT2D eigenvalue weighted by molar-refractivity contribution is 0.582. The van der Waals surface area contributed by atoms with Gasteiger partial charge >= 0.3 is 0 Å². The van der Waals surface area contributed by atoms with Crippen molar-refractivity contribution in [3.05, 3.63) is 0 Å². The van der Waals surface area contributed by atoms with Crippen LogP contribution in [-0.2, 0) is 0 Å². The van der Waals surface area contributed by atoms with Crippen molar-refractivity contribution in [2.45, 2.75) is 19.8 Å². The van der Waals surface area contributed by atoms with Crippen molar-refractivity contribution in [3.8, 4) is 0 Å². The molecule has 0 rings (SSSR count). The summed E-state index contributed by atoms with van der Waals surface area (Å²) >= 11 is 1.90. The zero-order chi connectivity index (χ0) is 10.8. The van der Waals surface area contributed by atoms with Gasteiger partial charge in [-0.05, 0) is 31.8 Å². The Bertz CT molecular complexity index is 163. The number of guanidine groups is 1. The van der Waals surface area contributed by atoms with Crippen molar-refractivity contribution in [2.75, 3.05) is 39.2 Å². The van der Waals surface area contributed by atoms with Gasteiger partial charge in [-0.2, -0.15) is 11.8 Å². The van der Waals surface area contributed by atoms with Gasteiger partial charge in [0.25, 0.3) is 0 Å². The molecule has 0 atom stereocenters. The molecule has 92 valence electrons. The topological polar surface area (TPSA) is 27.6 Å². The van der Waals surface area contributed by atoms with Gasteiger partial charge in [0.2, 0.25) is 0 Å². The Hall–Kier alpha value is 0.350. The molecular weight excluding hydrogens is 321 g/mol. The van der Waals surface area contributed by atoms with Crippen LogP contribution in [0.1, 0.15) is 19.8 Å². The summed E-state index contributed by atoms with van der Waals surface area (Å²) in [5.41, 5.74) is 0. The van der Waals surface area contributed by atoms with Gasteiger partial charge in [-0.15, -0.1) is 24.0 Å². The smallest absolute Gasteiger partial charge is 0.193 e. The zero-order valence-corrected chi connectivity index (χ0v) is 13.4. The molecular formula is C10H24IN3S. The molecule has 15 heavy (non-hydrogen) atoms. The summed E-state index contributed by atoms with van der Waals surface area (Å²) in [6.45, 7) is 3.95. The molecule has 0 saturated heterocycles. The molecule has 0 heterocycles. The average molecular weight is 345 g/mol. The maximum absolute atomic E-state index is 4.51. The number of unbranched alkanes of at least 4 members (excludes halogenated alkanes) is 1. The van der Waals surface area contributed by atoms with Gasteiger partial charge in [0.1, 0.15) is 0 Å². The molecule has 0 unspecified atom stereocenters. The summed E-state index contributed by atoms with van der Waals surface area (Å²) < 4.78 is 0. The van der Waals surface area contributed by atoms with Crippen LogP contribution < -0.4 is 5.32 Å². The highest BCUT2D eigenvalue weighted by Gasteiger charge is 1.97. The number of aliphatic imine (C=N–C) groups is 1. The second-order valence-corrected chi connectivity index (χ2v) is 4.32. The molecule has 3 nitrogen and oxygen atoms in total. The first-order valence-corrected chi connectivity index (χ1v) is 6.56. The highest BCUT2D eigenvalue weighted by Crippen LogP contribution is 1.99. The number of halogens is 1. The first-order chi connectivity index (χ1) is 6.72. The molecule has 0 amide bonds. The Balaban J connectivity index is 0. The van der Waals surface area contributed by atoms with Gasteiger partial charge in [0.15, 0.2) is 5.96 Å². The maximum Gasteiger partial charge on any atom is 0.193 e. The highest BCUT2D eigenvalue weighted by atomic mass is 127. The number of nitrogens with one attached hydrogen (secondary N) is 1. The lowest BCUT2D eigenvalue weighted by Gasteiger charge is -2.16. The number of hydrogen-bond acceptors (Lipinski definition) is 2. The zero-order valence-electron chi connectivity index (χ0n) is 10.2. The number of thioether (sulfide) groups is 1. The predicted molar refractivity (Wildman–Crippen MR) is 82.7 cm³/mol. The third kappa shape index (κ3) is 10.6. The Labute approximate surface area is 115 Å². The van der Waals surface area contributed by atoms with Crippen molar-refractivity contribution < 1.29 is 0 Å². The normalized spacial score (nSPS) is 10.8. The number of nitrogens with zero attached hydrogens (tertiary/aromatic N) is 2.